The van der Waals surface area contributed by atoms with Crippen LogP contribution in [-0.4, -0.2) is 27.5 Å². The van der Waals surface area contributed by atoms with Crippen molar-refractivity contribution in [2.24, 2.45) is 10.9 Å². The number of rotatable bonds is 2. The number of hydrogen-bond donors (Lipinski definition) is 2. The molecule has 3 N–H and O–H groups in total. The van der Waals surface area contributed by atoms with Crippen molar-refractivity contribution in [2.75, 3.05) is 6.26 Å². The molecule has 6 heteroatoms. The normalized spacial score (nSPS) is 11.6. The lowest BCUT2D eigenvalue weighted by Gasteiger charge is -2.01. The highest BCUT2D eigenvalue weighted by atomic mass is 32.2. The van der Waals surface area contributed by atoms with Crippen molar-refractivity contribution in [2.45, 2.75) is 5.03 Å². The predicted molar refractivity (Wildman–Crippen MR) is 46.3 cm³/mol. The molecular formula is C6H8N4OS. The predicted octanol–water partition coefficient (Wildman–Crippen LogP) is 0.293. The third kappa shape index (κ3) is 1.65. The zero-order valence-corrected chi connectivity index (χ0v) is 7.25. The van der Waals surface area contributed by atoms with Gasteiger partial charge >= 0.3 is 0 Å². The summed E-state index contributed by atoms with van der Waals surface area (Å²) in [4.78, 5) is 0. The standard InChI is InChI=1S/C6H8N4OS/c1-12-6-4(5(7)10-11)2-3-8-9-6/h2-3,11H,1H3,(H2,7,10). The molecule has 0 atom stereocenters. The first-order chi connectivity index (χ1) is 5.79. The highest BCUT2D eigenvalue weighted by Crippen LogP contribution is 2.14. The maximum Gasteiger partial charge on any atom is 0.172 e. The maximum atomic E-state index is 8.41. The Labute approximate surface area is 73.7 Å². The summed E-state index contributed by atoms with van der Waals surface area (Å²) in [6.45, 7) is 0. The van der Waals surface area contributed by atoms with Crippen LogP contribution < -0.4 is 5.73 Å². The Balaban J connectivity index is 3.13. The quantitative estimate of drug-likeness (QED) is 0.227. The molecule has 0 spiro atoms. The monoisotopic (exact) mass is 184 g/mol. The number of nitrogens with two attached hydrogens (primary N) is 1. The summed E-state index contributed by atoms with van der Waals surface area (Å²) in [6.07, 6.45) is 3.34. The molecule has 5 nitrogen and oxygen atoms in total. The average Bonchev–Trinajstić information content (AvgIpc) is 2.16. The number of thioether (sulfide) groups is 1. The number of hydrogen-bond acceptors (Lipinski definition) is 5. The molecule has 0 aromatic carbocycles. The highest BCUT2D eigenvalue weighted by molar-refractivity contribution is 7.98. The van der Waals surface area contributed by atoms with Crippen molar-refractivity contribution in [1.82, 2.24) is 10.2 Å². The number of amidine groups is 1. The van der Waals surface area contributed by atoms with E-state index in [1.54, 1.807) is 6.07 Å². The molecule has 1 rings (SSSR count). The molecule has 0 aliphatic heterocycles. The lowest BCUT2D eigenvalue weighted by atomic mass is 10.3. The summed E-state index contributed by atoms with van der Waals surface area (Å²) in [6, 6.07) is 1.65. The third-order valence-corrected chi connectivity index (χ3v) is 1.95. The second-order valence-electron chi connectivity index (χ2n) is 1.94. The molecule has 0 bridgehead atoms. The zero-order chi connectivity index (χ0) is 8.97. The second kappa shape index (κ2) is 3.91. The molecule has 64 valence electrons. The Hall–Kier alpha value is -1.30. The van der Waals surface area contributed by atoms with E-state index in [9.17, 15) is 0 Å². The molecule has 0 amide bonds. The van der Waals surface area contributed by atoms with Gasteiger partial charge in [0.2, 0.25) is 0 Å². The van der Waals surface area contributed by atoms with Crippen molar-refractivity contribution in [1.29, 1.82) is 0 Å². The average molecular weight is 184 g/mol. The molecule has 1 heterocycles. The first kappa shape index (κ1) is 8.79. The van der Waals surface area contributed by atoms with Gasteiger partial charge in [-0.1, -0.05) is 5.16 Å². The number of oxime groups is 1. The van der Waals surface area contributed by atoms with Crippen molar-refractivity contribution < 1.29 is 5.21 Å². The molecule has 0 aliphatic rings. The van der Waals surface area contributed by atoms with Gasteiger partial charge < -0.3 is 10.9 Å². The van der Waals surface area contributed by atoms with Crippen LogP contribution in [0.25, 0.3) is 0 Å². The molecular weight excluding hydrogens is 176 g/mol. The summed E-state index contributed by atoms with van der Waals surface area (Å²) in [5, 5.41) is 19.4. The smallest absolute Gasteiger partial charge is 0.172 e. The van der Waals surface area contributed by atoms with Gasteiger partial charge in [-0.05, 0) is 12.3 Å². The van der Waals surface area contributed by atoms with E-state index < -0.39 is 0 Å². The third-order valence-electron chi connectivity index (χ3n) is 1.26. The molecule has 1 aromatic heterocycles. The summed E-state index contributed by atoms with van der Waals surface area (Å²) >= 11 is 1.39. The molecule has 0 fully saturated rings. The van der Waals surface area contributed by atoms with Crippen LogP contribution in [0.3, 0.4) is 0 Å². The largest absolute Gasteiger partial charge is 0.409 e. The van der Waals surface area contributed by atoms with E-state index in [-0.39, 0.29) is 5.84 Å². The first-order valence-electron chi connectivity index (χ1n) is 3.13. The summed E-state index contributed by atoms with van der Waals surface area (Å²) in [7, 11) is 0. The lowest BCUT2D eigenvalue weighted by molar-refractivity contribution is 0.318. The number of aromatic nitrogens is 2. The Kier molecular flexibility index (Phi) is 2.87. The van der Waals surface area contributed by atoms with Crippen LogP contribution in [0.15, 0.2) is 22.4 Å². The van der Waals surface area contributed by atoms with Gasteiger partial charge in [-0.2, -0.15) is 5.10 Å². The van der Waals surface area contributed by atoms with E-state index in [2.05, 4.69) is 15.4 Å². The van der Waals surface area contributed by atoms with Crippen LogP contribution >= 0.6 is 11.8 Å². The first-order valence-corrected chi connectivity index (χ1v) is 4.35. The van der Waals surface area contributed by atoms with Gasteiger partial charge in [0.05, 0.1) is 11.8 Å². The van der Waals surface area contributed by atoms with Crippen LogP contribution in [0.5, 0.6) is 0 Å². The van der Waals surface area contributed by atoms with Crippen LogP contribution in [-0.2, 0) is 0 Å². The Morgan fingerprint density at radius 2 is 2.50 bits per heavy atom. The van der Waals surface area contributed by atoms with E-state index >= 15 is 0 Å². The van der Waals surface area contributed by atoms with E-state index in [4.69, 9.17) is 10.9 Å². The molecule has 0 saturated heterocycles. The van der Waals surface area contributed by atoms with E-state index in [0.29, 0.717) is 10.6 Å². The van der Waals surface area contributed by atoms with Gasteiger partial charge in [-0.25, -0.2) is 0 Å². The van der Waals surface area contributed by atoms with Gasteiger partial charge in [0.1, 0.15) is 5.03 Å². The van der Waals surface area contributed by atoms with Crippen molar-refractivity contribution >= 4 is 17.6 Å². The van der Waals surface area contributed by atoms with Crippen LogP contribution in [0.4, 0.5) is 0 Å². The van der Waals surface area contributed by atoms with Crippen molar-refractivity contribution in [3.8, 4) is 0 Å². The molecule has 1 aromatic rings. The van der Waals surface area contributed by atoms with Crippen LogP contribution in [0.2, 0.25) is 0 Å². The Morgan fingerprint density at radius 3 is 3.08 bits per heavy atom. The minimum Gasteiger partial charge on any atom is -0.409 e. The van der Waals surface area contributed by atoms with E-state index in [1.165, 1.54) is 18.0 Å². The second-order valence-corrected chi connectivity index (χ2v) is 2.73. The topological polar surface area (TPSA) is 84.4 Å². The van der Waals surface area contributed by atoms with Crippen molar-refractivity contribution in [3.05, 3.63) is 17.8 Å². The van der Waals surface area contributed by atoms with Crippen molar-refractivity contribution in [3.63, 3.8) is 0 Å². The van der Waals surface area contributed by atoms with E-state index in [0.717, 1.165) is 0 Å². The van der Waals surface area contributed by atoms with Gasteiger partial charge in [-0.3, -0.25) is 0 Å². The fraction of sp³-hybridized carbons (Fsp3) is 0.167. The fourth-order valence-electron chi connectivity index (χ4n) is 0.718. The molecule has 0 saturated carbocycles. The minimum atomic E-state index is 0.0502. The minimum absolute atomic E-state index is 0.0502. The number of nitrogens with zero attached hydrogens (tertiary/aromatic N) is 3. The summed E-state index contributed by atoms with van der Waals surface area (Å²) in [5.41, 5.74) is 5.99. The van der Waals surface area contributed by atoms with Crippen LogP contribution in [0, 0.1) is 0 Å². The maximum absolute atomic E-state index is 8.41. The highest BCUT2D eigenvalue weighted by Gasteiger charge is 2.06. The molecule has 0 unspecified atom stereocenters. The lowest BCUT2D eigenvalue weighted by Crippen LogP contribution is -2.15. The van der Waals surface area contributed by atoms with Crippen LogP contribution in [0.1, 0.15) is 5.56 Å². The van der Waals surface area contributed by atoms with Gasteiger partial charge in [0, 0.05) is 0 Å². The zero-order valence-electron chi connectivity index (χ0n) is 6.43. The fourth-order valence-corrected chi connectivity index (χ4v) is 1.24. The Bertz CT molecular complexity index is 301. The van der Waals surface area contributed by atoms with E-state index in [1.807, 2.05) is 6.26 Å². The summed E-state index contributed by atoms with van der Waals surface area (Å²) < 4.78 is 0. The van der Waals surface area contributed by atoms with Gasteiger partial charge in [0.25, 0.3) is 0 Å². The molecule has 0 aliphatic carbocycles. The SMILES string of the molecule is CSc1nnccc1/C(N)=N/O. The Morgan fingerprint density at radius 1 is 1.75 bits per heavy atom. The van der Waals surface area contributed by atoms with Gasteiger partial charge in [0.15, 0.2) is 5.84 Å². The molecule has 12 heavy (non-hydrogen) atoms. The van der Waals surface area contributed by atoms with Gasteiger partial charge in [-0.15, -0.1) is 16.9 Å². The molecule has 0 radical (unpaired) electrons. The summed E-state index contributed by atoms with van der Waals surface area (Å²) in [5.74, 6) is 0.0502.